The predicted molar refractivity (Wildman–Crippen MR) is 109 cm³/mol. The maximum atomic E-state index is 12.5. The summed E-state index contributed by atoms with van der Waals surface area (Å²) in [4.78, 5) is 38.9. The van der Waals surface area contributed by atoms with E-state index in [0.29, 0.717) is 17.2 Å². The molecule has 0 aromatic carbocycles. The molecule has 0 spiro atoms. The van der Waals surface area contributed by atoms with Gasteiger partial charge in [0.2, 0.25) is 5.91 Å². The molecule has 0 saturated carbocycles. The van der Waals surface area contributed by atoms with E-state index in [1.54, 1.807) is 12.3 Å². The van der Waals surface area contributed by atoms with Gasteiger partial charge in [-0.25, -0.2) is 14.8 Å². The van der Waals surface area contributed by atoms with E-state index < -0.39 is 5.97 Å². The summed E-state index contributed by atoms with van der Waals surface area (Å²) >= 11 is 0. The number of carboxylic acids is 1. The molecule has 7 heteroatoms. The summed E-state index contributed by atoms with van der Waals surface area (Å²) in [6, 6.07) is 3.42. The first-order chi connectivity index (χ1) is 13.6. The lowest BCUT2D eigenvalue weighted by molar-refractivity contribution is -0.140. The average molecular weight is 396 g/mol. The highest BCUT2D eigenvalue weighted by Crippen LogP contribution is 2.26. The zero-order valence-electron chi connectivity index (χ0n) is 17.5. The Morgan fingerprint density at radius 1 is 1.14 bits per heavy atom. The van der Waals surface area contributed by atoms with Gasteiger partial charge in [-0.15, -0.1) is 0 Å². The maximum absolute atomic E-state index is 12.5. The third-order valence-corrected chi connectivity index (χ3v) is 5.20. The topological polar surface area (TPSA) is 96.3 Å². The lowest BCUT2D eigenvalue weighted by atomic mass is 9.89. The van der Waals surface area contributed by atoms with Crippen LogP contribution in [0.25, 0.3) is 11.3 Å². The van der Waals surface area contributed by atoms with E-state index in [1.807, 2.05) is 38.7 Å². The van der Waals surface area contributed by atoms with Gasteiger partial charge in [0, 0.05) is 48.6 Å². The first kappa shape index (κ1) is 20.9. The molecule has 1 aliphatic rings. The number of carbonyl (C=O) groups is 2. The number of hydrogen-bond donors (Lipinski definition) is 1. The Labute approximate surface area is 171 Å². The van der Waals surface area contributed by atoms with E-state index >= 15 is 0 Å². The van der Waals surface area contributed by atoms with E-state index in [9.17, 15) is 14.7 Å². The number of aryl methyl sites for hydroxylation is 1. The van der Waals surface area contributed by atoms with E-state index in [1.165, 1.54) is 6.20 Å². The number of likely N-dealkylation sites (tertiary alicyclic amines) is 1. The number of rotatable bonds is 4. The zero-order valence-corrected chi connectivity index (χ0v) is 17.5. The van der Waals surface area contributed by atoms with Gasteiger partial charge in [-0.05, 0) is 37.8 Å². The maximum Gasteiger partial charge on any atom is 0.337 e. The van der Waals surface area contributed by atoms with E-state index in [-0.39, 0.29) is 16.9 Å². The van der Waals surface area contributed by atoms with Gasteiger partial charge in [-0.2, -0.15) is 0 Å². The second kappa shape index (κ2) is 8.27. The third-order valence-electron chi connectivity index (χ3n) is 5.20. The van der Waals surface area contributed by atoms with Crippen molar-refractivity contribution >= 4 is 11.9 Å². The van der Waals surface area contributed by atoms with Crippen LogP contribution in [0.2, 0.25) is 0 Å². The predicted octanol–water partition coefficient (Wildman–Crippen LogP) is 3.37. The highest BCUT2D eigenvalue weighted by atomic mass is 16.4. The quantitative estimate of drug-likeness (QED) is 0.851. The molecule has 154 valence electrons. The summed E-state index contributed by atoms with van der Waals surface area (Å²) in [5.41, 5.74) is 1.98. The van der Waals surface area contributed by atoms with E-state index in [2.05, 4.69) is 15.0 Å². The van der Waals surface area contributed by atoms with Crippen LogP contribution < -0.4 is 0 Å². The van der Waals surface area contributed by atoms with Crippen LogP contribution in [0.15, 0.2) is 24.5 Å². The summed E-state index contributed by atoms with van der Waals surface area (Å²) in [5.74, 6) is 0.372. The lowest BCUT2D eigenvalue weighted by Gasteiger charge is -2.35. The highest BCUT2D eigenvalue weighted by Gasteiger charge is 2.30. The van der Waals surface area contributed by atoms with Crippen molar-refractivity contribution in [3.05, 3.63) is 41.6 Å². The molecule has 0 radical (unpaired) electrons. The monoisotopic (exact) mass is 396 g/mol. The van der Waals surface area contributed by atoms with E-state index in [4.69, 9.17) is 0 Å². The molecule has 7 nitrogen and oxygen atoms in total. The van der Waals surface area contributed by atoms with Gasteiger partial charge >= 0.3 is 5.97 Å². The number of aromatic carboxylic acids is 1. The molecule has 1 N–H and O–H groups in total. The normalized spacial score (nSPS) is 15.4. The summed E-state index contributed by atoms with van der Waals surface area (Å²) in [5, 5.41) is 9.19. The first-order valence-electron chi connectivity index (χ1n) is 9.96. The van der Waals surface area contributed by atoms with Crippen molar-refractivity contribution in [2.24, 2.45) is 11.3 Å². The van der Waals surface area contributed by atoms with Crippen LogP contribution in [-0.2, 0) is 11.2 Å². The van der Waals surface area contributed by atoms with Gasteiger partial charge in [-0.3, -0.25) is 9.78 Å². The van der Waals surface area contributed by atoms with Crippen LogP contribution in [0.1, 0.15) is 55.5 Å². The summed E-state index contributed by atoms with van der Waals surface area (Å²) in [6.45, 7) is 9.31. The fourth-order valence-electron chi connectivity index (χ4n) is 3.64. The number of carboxylic acid groups (broad SMARTS) is 1. The van der Waals surface area contributed by atoms with Crippen LogP contribution >= 0.6 is 0 Å². The minimum absolute atomic E-state index is 0.135. The number of pyridine rings is 1. The molecule has 1 fully saturated rings. The van der Waals surface area contributed by atoms with Gasteiger partial charge in [0.25, 0.3) is 0 Å². The minimum Gasteiger partial charge on any atom is -0.478 e. The van der Waals surface area contributed by atoms with Gasteiger partial charge < -0.3 is 10.0 Å². The molecule has 2 aromatic heterocycles. The van der Waals surface area contributed by atoms with Crippen molar-refractivity contribution in [2.75, 3.05) is 13.1 Å². The molecule has 1 aliphatic heterocycles. The molecular formula is C22H28N4O3. The fraction of sp³-hybridized carbons (Fsp3) is 0.500. The first-order valence-corrected chi connectivity index (χ1v) is 9.96. The van der Waals surface area contributed by atoms with E-state index in [0.717, 1.165) is 43.9 Å². The smallest absolute Gasteiger partial charge is 0.337 e. The number of amides is 1. The Hall–Kier alpha value is -2.83. The van der Waals surface area contributed by atoms with Crippen LogP contribution in [0, 0.1) is 18.3 Å². The summed E-state index contributed by atoms with van der Waals surface area (Å²) in [7, 11) is 0. The van der Waals surface area contributed by atoms with Crippen LogP contribution in [0.4, 0.5) is 0 Å². The van der Waals surface area contributed by atoms with Crippen LogP contribution in [0.3, 0.4) is 0 Å². The minimum atomic E-state index is -1.01. The van der Waals surface area contributed by atoms with Crippen molar-refractivity contribution in [1.82, 2.24) is 19.9 Å². The third kappa shape index (κ3) is 5.16. The van der Waals surface area contributed by atoms with Crippen molar-refractivity contribution in [3.8, 4) is 11.3 Å². The number of aromatic nitrogens is 3. The van der Waals surface area contributed by atoms with Gasteiger partial charge in [0.05, 0.1) is 11.3 Å². The Kier molecular flexibility index (Phi) is 5.96. The second-order valence-corrected chi connectivity index (χ2v) is 8.77. The molecule has 0 atom stereocenters. The Bertz CT molecular complexity index is 913. The SMILES string of the molecule is Cc1cc(-c2cncc(C(=O)O)c2)nc(CC2CCN(C(=O)C(C)(C)C)CC2)n1. The molecule has 3 rings (SSSR count). The summed E-state index contributed by atoms with van der Waals surface area (Å²) in [6.07, 6.45) is 5.56. The molecule has 0 bridgehead atoms. The number of hydrogen-bond acceptors (Lipinski definition) is 5. The molecule has 2 aromatic rings. The highest BCUT2D eigenvalue weighted by molar-refractivity contribution is 5.88. The van der Waals surface area contributed by atoms with Crippen molar-refractivity contribution in [3.63, 3.8) is 0 Å². The fourth-order valence-corrected chi connectivity index (χ4v) is 3.64. The van der Waals surface area contributed by atoms with Crippen molar-refractivity contribution in [1.29, 1.82) is 0 Å². The Morgan fingerprint density at radius 2 is 1.83 bits per heavy atom. The summed E-state index contributed by atoms with van der Waals surface area (Å²) < 4.78 is 0. The second-order valence-electron chi connectivity index (χ2n) is 8.77. The van der Waals surface area contributed by atoms with Crippen LogP contribution in [0.5, 0.6) is 0 Å². The lowest BCUT2D eigenvalue weighted by Crippen LogP contribution is -2.44. The number of carbonyl (C=O) groups excluding carboxylic acids is 1. The molecule has 0 unspecified atom stereocenters. The van der Waals surface area contributed by atoms with Crippen molar-refractivity contribution < 1.29 is 14.7 Å². The van der Waals surface area contributed by atoms with Gasteiger partial charge in [-0.1, -0.05) is 20.8 Å². The Balaban J connectivity index is 1.71. The van der Waals surface area contributed by atoms with Gasteiger partial charge in [0.1, 0.15) is 5.82 Å². The molecule has 1 amide bonds. The Morgan fingerprint density at radius 3 is 2.45 bits per heavy atom. The van der Waals surface area contributed by atoms with Gasteiger partial charge in [0.15, 0.2) is 0 Å². The standard InChI is InChI=1S/C22H28N4O3/c1-14-9-18(16-11-17(20(27)28)13-23-12-16)25-19(24-14)10-15-5-7-26(8-6-15)21(29)22(2,3)4/h9,11-13,15H,5-8,10H2,1-4H3,(H,27,28). The molecule has 1 saturated heterocycles. The number of nitrogens with zero attached hydrogens (tertiary/aromatic N) is 4. The van der Waals surface area contributed by atoms with Crippen LogP contribution in [-0.4, -0.2) is 49.9 Å². The van der Waals surface area contributed by atoms with Crippen molar-refractivity contribution in [2.45, 2.75) is 47.0 Å². The molecule has 29 heavy (non-hydrogen) atoms. The molecule has 0 aliphatic carbocycles. The molecular weight excluding hydrogens is 368 g/mol. The largest absolute Gasteiger partial charge is 0.478 e. The number of piperidine rings is 1. The zero-order chi connectivity index (χ0) is 21.2. The molecule has 3 heterocycles. The average Bonchev–Trinajstić information content (AvgIpc) is 2.67.